The molecule has 0 aromatic heterocycles. The van der Waals surface area contributed by atoms with E-state index in [2.05, 4.69) is 4.90 Å². The molecule has 0 atom stereocenters. The van der Waals surface area contributed by atoms with Crippen molar-refractivity contribution in [2.24, 2.45) is 0 Å². The molecule has 0 saturated heterocycles. The van der Waals surface area contributed by atoms with E-state index in [9.17, 15) is 4.39 Å². The summed E-state index contributed by atoms with van der Waals surface area (Å²) in [4.78, 5) is 2.33. The predicted molar refractivity (Wildman–Crippen MR) is 74.8 cm³/mol. The summed E-state index contributed by atoms with van der Waals surface area (Å²) in [6.45, 7) is 1.52. The van der Waals surface area contributed by atoms with Gasteiger partial charge in [0, 0.05) is 25.0 Å². The van der Waals surface area contributed by atoms with Crippen molar-refractivity contribution < 1.29 is 4.39 Å². The molecule has 18 heavy (non-hydrogen) atoms. The zero-order chi connectivity index (χ0) is 13.0. The molecule has 1 nitrogen and oxygen atoms in total. The van der Waals surface area contributed by atoms with Crippen LogP contribution in [-0.2, 0) is 6.54 Å². The third-order valence-electron chi connectivity index (χ3n) is 3.62. The predicted octanol–water partition coefficient (Wildman–Crippen LogP) is 4.46. The van der Waals surface area contributed by atoms with Gasteiger partial charge in [0.2, 0.25) is 0 Å². The Morgan fingerprint density at radius 1 is 1.28 bits per heavy atom. The van der Waals surface area contributed by atoms with E-state index < -0.39 is 0 Å². The standard InChI is InChI=1S/C14H18Cl2FN/c15-8-9-18(12-5-1-2-6-12)10-11-4-3-7-13(17)14(11)16/h3-4,7,12H,1-2,5-6,8-10H2. The zero-order valence-electron chi connectivity index (χ0n) is 10.3. The Bertz CT molecular complexity index is 391. The van der Waals surface area contributed by atoms with E-state index in [1.807, 2.05) is 6.07 Å². The van der Waals surface area contributed by atoms with E-state index in [4.69, 9.17) is 23.2 Å². The molecule has 4 heteroatoms. The van der Waals surface area contributed by atoms with Crippen LogP contribution in [-0.4, -0.2) is 23.4 Å². The van der Waals surface area contributed by atoms with Gasteiger partial charge < -0.3 is 0 Å². The molecule has 1 aliphatic carbocycles. The zero-order valence-corrected chi connectivity index (χ0v) is 11.9. The van der Waals surface area contributed by atoms with Crippen molar-refractivity contribution in [1.29, 1.82) is 0 Å². The van der Waals surface area contributed by atoms with Gasteiger partial charge in [0.25, 0.3) is 0 Å². The molecule has 0 amide bonds. The van der Waals surface area contributed by atoms with E-state index >= 15 is 0 Å². The van der Waals surface area contributed by atoms with Crippen LogP contribution in [0, 0.1) is 5.82 Å². The minimum absolute atomic E-state index is 0.245. The van der Waals surface area contributed by atoms with Gasteiger partial charge in [0.15, 0.2) is 0 Å². The van der Waals surface area contributed by atoms with Gasteiger partial charge in [-0.1, -0.05) is 36.6 Å². The molecule has 1 saturated carbocycles. The number of rotatable bonds is 5. The van der Waals surface area contributed by atoms with Gasteiger partial charge in [-0.15, -0.1) is 11.6 Å². The van der Waals surface area contributed by atoms with Gasteiger partial charge in [-0.25, -0.2) is 4.39 Å². The molecule has 0 unspecified atom stereocenters. The van der Waals surface area contributed by atoms with Crippen LogP contribution in [0.5, 0.6) is 0 Å². The molecule has 0 bridgehead atoms. The maximum atomic E-state index is 13.4. The normalized spacial score (nSPS) is 16.7. The van der Waals surface area contributed by atoms with E-state index in [0.29, 0.717) is 18.5 Å². The van der Waals surface area contributed by atoms with Crippen LogP contribution in [0.1, 0.15) is 31.2 Å². The summed E-state index contributed by atoms with van der Waals surface area (Å²) in [6.07, 6.45) is 4.98. The molecule has 1 aromatic rings. The first-order valence-electron chi connectivity index (χ1n) is 6.45. The minimum Gasteiger partial charge on any atom is -0.295 e. The van der Waals surface area contributed by atoms with Crippen molar-refractivity contribution in [3.8, 4) is 0 Å². The fourth-order valence-electron chi connectivity index (χ4n) is 2.66. The lowest BCUT2D eigenvalue weighted by Crippen LogP contribution is -2.34. The molecule has 0 spiro atoms. The molecule has 2 rings (SSSR count). The molecule has 100 valence electrons. The maximum Gasteiger partial charge on any atom is 0.142 e. The lowest BCUT2D eigenvalue weighted by atomic mass is 10.1. The molecular formula is C14H18Cl2FN. The summed E-state index contributed by atoms with van der Waals surface area (Å²) in [7, 11) is 0. The lowest BCUT2D eigenvalue weighted by molar-refractivity contribution is 0.201. The summed E-state index contributed by atoms with van der Waals surface area (Å²) in [5, 5.41) is 0.245. The second-order valence-corrected chi connectivity index (χ2v) is 5.57. The van der Waals surface area contributed by atoms with Crippen LogP contribution in [0.25, 0.3) is 0 Å². The largest absolute Gasteiger partial charge is 0.295 e. The van der Waals surface area contributed by atoms with Crippen molar-refractivity contribution in [3.63, 3.8) is 0 Å². The maximum absolute atomic E-state index is 13.4. The molecule has 0 radical (unpaired) electrons. The van der Waals surface area contributed by atoms with Crippen LogP contribution < -0.4 is 0 Å². The van der Waals surface area contributed by atoms with Crippen molar-refractivity contribution in [2.75, 3.05) is 12.4 Å². The Hall–Kier alpha value is -0.310. The average Bonchev–Trinajstić information content (AvgIpc) is 2.88. The third-order valence-corrected chi connectivity index (χ3v) is 4.21. The fourth-order valence-corrected chi connectivity index (χ4v) is 3.06. The van der Waals surface area contributed by atoms with Crippen LogP contribution in [0.15, 0.2) is 18.2 Å². The second kappa shape index (κ2) is 6.74. The van der Waals surface area contributed by atoms with E-state index in [0.717, 1.165) is 12.1 Å². The lowest BCUT2D eigenvalue weighted by Gasteiger charge is -2.28. The molecule has 1 aliphatic rings. The molecule has 0 aliphatic heterocycles. The highest BCUT2D eigenvalue weighted by Gasteiger charge is 2.23. The highest BCUT2D eigenvalue weighted by molar-refractivity contribution is 6.31. The number of nitrogens with zero attached hydrogens (tertiary/aromatic N) is 1. The van der Waals surface area contributed by atoms with Gasteiger partial charge in [-0.2, -0.15) is 0 Å². The molecule has 0 heterocycles. The van der Waals surface area contributed by atoms with Crippen LogP contribution in [0.2, 0.25) is 5.02 Å². The smallest absolute Gasteiger partial charge is 0.142 e. The van der Waals surface area contributed by atoms with Gasteiger partial charge in [-0.3, -0.25) is 4.90 Å². The Morgan fingerprint density at radius 2 is 2.00 bits per heavy atom. The van der Waals surface area contributed by atoms with Gasteiger partial charge >= 0.3 is 0 Å². The van der Waals surface area contributed by atoms with Gasteiger partial charge in [0.05, 0.1) is 5.02 Å². The molecule has 0 N–H and O–H groups in total. The van der Waals surface area contributed by atoms with Gasteiger partial charge in [-0.05, 0) is 24.5 Å². The topological polar surface area (TPSA) is 3.24 Å². The number of hydrogen-bond donors (Lipinski definition) is 0. The third kappa shape index (κ3) is 3.37. The highest BCUT2D eigenvalue weighted by atomic mass is 35.5. The summed E-state index contributed by atoms with van der Waals surface area (Å²) >= 11 is 11.9. The first-order chi connectivity index (χ1) is 8.72. The van der Waals surface area contributed by atoms with E-state index in [1.54, 1.807) is 6.07 Å². The highest BCUT2D eigenvalue weighted by Crippen LogP contribution is 2.27. The summed E-state index contributed by atoms with van der Waals surface area (Å²) in [5.41, 5.74) is 0.855. The Labute approximate surface area is 118 Å². The quantitative estimate of drug-likeness (QED) is 0.724. The summed E-state index contributed by atoms with van der Waals surface area (Å²) in [6, 6.07) is 5.57. The minimum atomic E-state index is -0.341. The van der Waals surface area contributed by atoms with Crippen molar-refractivity contribution in [3.05, 3.63) is 34.6 Å². The SMILES string of the molecule is Fc1cccc(CN(CCCl)C2CCCC2)c1Cl. The first kappa shape index (κ1) is 14.1. The molecule has 1 aromatic carbocycles. The Balaban J connectivity index is 2.10. The molecular weight excluding hydrogens is 272 g/mol. The van der Waals surface area contributed by atoms with Crippen LogP contribution in [0.4, 0.5) is 4.39 Å². The number of benzene rings is 1. The summed E-state index contributed by atoms with van der Waals surface area (Å²) < 4.78 is 13.4. The number of hydrogen-bond acceptors (Lipinski definition) is 1. The van der Waals surface area contributed by atoms with E-state index in [1.165, 1.54) is 31.7 Å². The Kier molecular flexibility index (Phi) is 5.28. The van der Waals surface area contributed by atoms with Crippen molar-refractivity contribution >= 4 is 23.2 Å². The van der Waals surface area contributed by atoms with E-state index in [-0.39, 0.29) is 10.8 Å². The molecule has 1 fully saturated rings. The van der Waals surface area contributed by atoms with Gasteiger partial charge in [0.1, 0.15) is 5.82 Å². The fraction of sp³-hybridized carbons (Fsp3) is 0.571. The second-order valence-electron chi connectivity index (χ2n) is 4.81. The summed E-state index contributed by atoms with van der Waals surface area (Å²) in [5.74, 6) is 0.259. The van der Waals surface area contributed by atoms with Crippen molar-refractivity contribution in [2.45, 2.75) is 38.3 Å². The number of halogens is 3. The first-order valence-corrected chi connectivity index (χ1v) is 7.36. The van der Waals surface area contributed by atoms with Crippen LogP contribution >= 0.6 is 23.2 Å². The monoisotopic (exact) mass is 289 g/mol. The van der Waals surface area contributed by atoms with Crippen molar-refractivity contribution in [1.82, 2.24) is 4.90 Å². The average molecular weight is 290 g/mol. The van der Waals surface area contributed by atoms with Crippen LogP contribution in [0.3, 0.4) is 0 Å². The number of alkyl halides is 1. The Morgan fingerprint density at radius 3 is 2.67 bits per heavy atom.